The van der Waals surface area contributed by atoms with Crippen LogP contribution in [0.15, 0.2) is 70.6 Å². The summed E-state index contributed by atoms with van der Waals surface area (Å²) in [6.07, 6.45) is 6.62. The fourth-order valence-electron chi connectivity index (χ4n) is 5.35. The van der Waals surface area contributed by atoms with Gasteiger partial charge in [0.2, 0.25) is 0 Å². The van der Waals surface area contributed by atoms with Crippen molar-refractivity contribution >= 4 is 34.6 Å². The molecule has 2 heterocycles. The number of amides is 1. The Morgan fingerprint density at radius 1 is 1.03 bits per heavy atom. The van der Waals surface area contributed by atoms with Crippen LogP contribution in [0, 0.1) is 19.8 Å². The van der Waals surface area contributed by atoms with Crippen molar-refractivity contribution in [2.45, 2.75) is 52.5 Å². The molecule has 5 nitrogen and oxygen atoms in total. The molecule has 1 saturated carbocycles. The van der Waals surface area contributed by atoms with E-state index in [0.29, 0.717) is 5.92 Å². The SMILES string of the molecule is COc1ccc(-n2c(C)cc(/C=C3\SC(=Nc4ccccc4)N([C@H]4CCCC[C@H]4C)C3=O)c2C)cc1. The number of carbonyl (C=O) groups excluding carboxylic acids is 1. The summed E-state index contributed by atoms with van der Waals surface area (Å²) >= 11 is 1.50. The molecule has 1 aliphatic carbocycles. The van der Waals surface area contributed by atoms with Crippen LogP contribution in [0.4, 0.5) is 5.69 Å². The molecule has 2 atom stereocenters. The highest BCUT2D eigenvalue weighted by molar-refractivity contribution is 8.18. The van der Waals surface area contributed by atoms with E-state index < -0.39 is 0 Å². The number of aryl methyl sites for hydroxylation is 1. The monoisotopic (exact) mass is 499 g/mol. The van der Waals surface area contributed by atoms with Crippen molar-refractivity contribution in [2.24, 2.45) is 10.9 Å². The largest absolute Gasteiger partial charge is 0.497 e. The fraction of sp³-hybridized carbons (Fsp3) is 0.333. The predicted molar refractivity (Wildman–Crippen MR) is 149 cm³/mol. The van der Waals surface area contributed by atoms with Gasteiger partial charge in [-0.15, -0.1) is 0 Å². The third-order valence-corrected chi connectivity index (χ3v) is 8.29. The summed E-state index contributed by atoms with van der Waals surface area (Å²) in [6.45, 7) is 6.47. The van der Waals surface area contributed by atoms with Crippen LogP contribution in [-0.2, 0) is 4.79 Å². The maximum atomic E-state index is 13.8. The van der Waals surface area contributed by atoms with Gasteiger partial charge in [0.15, 0.2) is 5.17 Å². The van der Waals surface area contributed by atoms with E-state index in [1.807, 2.05) is 53.4 Å². The highest BCUT2D eigenvalue weighted by Gasteiger charge is 2.41. The van der Waals surface area contributed by atoms with Gasteiger partial charge in [0.1, 0.15) is 5.75 Å². The standard InChI is InChI=1S/C30H33N3O2S/c1-20-10-8-9-13-27(20)33-29(34)28(36-30(33)31-24-11-6-5-7-12-24)19-23-18-21(2)32(22(23)3)25-14-16-26(35-4)17-15-25/h5-7,11-12,14-20,27H,8-10,13H2,1-4H3/b28-19-,31-30?/t20-,27+/m1/s1. The van der Waals surface area contributed by atoms with Crippen LogP contribution in [0.5, 0.6) is 5.75 Å². The van der Waals surface area contributed by atoms with Gasteiger partial charge in [0, 0.05) is 23.1 Å². The quantitative estimate of drug-likeness (QED) is 0.346. The van der Waals surface area contributed by atoms with Crippen molar-refractivity contribution in [2.75, 3.05) is 7.11 Å². The average molecular weight is 500 g/mol. The number of methoxy groups -OCH3 is 1. The number of benzene rings is 2. The number of nitrogens with zero attached hydrogens (tertiary/aromatic N) is 3. The Morgan fingerprint density at radius 2 is 1.75 bits per heavy atom. The summed E-state index contributed by atoms with van der Waals surface area (Å²) in [5.41, 5.74) is 5.22. The van der Waals surface area contributed by atoms with Crippen molar-refractivity contribution in [3.8, 4) is 11.4 Å². The minimum atomic E-state index is 0.0719. The zero-order chi connectivity index (χ0) is 25.2. The molecule has 1 amide bonds. The van der Waals surface area contributed by atoms with Gasteiger partial charge in [-0.3, -0.25) is 9.69 Å². The molecule has 2 aliphatic rings. The molecule has 36 heavy (non-hydrogen) atoms. The Balaban J connectivity index is 1.52. The molecule has 0 radical (unpaired) electrons. The molecule has 1 aromatic heterocycles. The Hall–Kier alpha value is -3.25. The van der Waals surface area contributed by atoms with E-state index in [1.54, 1.807) is 7.11 Å². The normalized spacial score (nSPS) is 22.6. The molecule has 186 valence electrons. The minimum absolute atomic E-state index is 0.0719. The van der Waals surface area contributed by atoms with E-state index in [1.165, 1.54) is 18.2 Å². The van der Waals surface area contributed by atoms with Crippen LogP contribution in [0.25, 0.3) is 11.8 Å². The van der Waals surface area contributed by atoms with Gasteiger partial charge in [-0.1, -0.05) is 38.0 Å². The molecule has 2 fully saturated rings. The smallest absolute Gasteiger partial charge is 0.267 e. The van der Waals surface area contributed by atoms with E-state index >= 15 is 0 Å². The molecule has 0 N–H and O–H groups in total. The minimum Gasteiger partial charge on any atom is -0.497 e. The summed E-state index contributed by atoms with van der Waals surface area (Å²) in [5.74, 6) is 1.37. The molecular formula is C30H33N3O2S. The number of amidine groups is 1. The maximum Gasteiger partial charge on any atom is 0.267 e. The number of aliphatic imine (C=N–C) groups is 1. The molecule has 0 bridgehead atoms. The Morgan fingerprint density at radius 3 is 2.44 bits per heavy atom. The van der Waals surface area contributed by atoms with Gasteiger partial charge in [0.05, 0.1) is 17.7 Å². The number of para-hydroxylation sites is 1. The second kappa shape index (κ2) is 10.4. The Labute approximate surface area is 217 Å². The van der Waals surface area contributed by atoms with Crippen molar-refractivity contribution in [3.05, 3.63) is 82.5 Å². The van der Waals surface area contributed by atoms with E-state index in [9.17, 15) is 4.79 Å². The number of aromatic nitrogens is 1. The van der Waals surface area contributed by atoms with Crippen molar-refractivity contribution < 1.29 is 9.53 Å². The maximum absolute atomic E-state index is 13.8. The van der Waals surface area contributed by atoms with E-state index in [0.717, 1.165) is 63.4 Å². The number of thioether (sulfide) groups is 1. The third-order valence-electron chi connectivity index (χ3n) is 7.30. The zero-order valence-corrected chi connectivity index (χ0v) is 22.2. The van der Waals surface area contributed by atoms with E-state index in [4.69, 9.17) is 9.73 Å². The van der Waals surface area contributed by atoms with Crippen molar-refractivity contribution in [1.29, 1.82) is 0 Å². The lowest BCUT2D eigenvalue weighted by atomic mass is 9.85. The first kappa shape index (κ1) is 24.4. The topological polar surface area (TPSA) is 46.8 Å². The molecular weight excluding hydrogens is 466 g/mol. The van der Waals surface area contributed by atoms with Gasteiger partial charge >= 0.3 is 0 Å². The first-order chi connectivity index (χ1) is 17.5. The fourth-order valence-corrected chi connectivity index (χ4v) is 6.39. The molecule has 6 heteroatoms. The second-order valence-corrected chi connectivity index (χ2v) is 10.7. The van der Waals surface area contributed by atoms with Crippen LogP contribution in [-0.4, -0.2) is 33.7 Å². The lowest BCUT2D eigenvalue weighted by Crippen LogP contribution is -2.44. The van der Waals surface area contributed by atoms with Crippen LogP contribution < -0.4 is 4.74 Å². The van der Waals surface area contributed by atoms with Crippen LogP contribution in [0.2, 0.25) is 0 Å². The first-order valence-corrected chi connectivity index (χ1v) is 13.5. The number of ether oxygens (including phenoxy) is 1. The summed E-state index contributed by atoms with van der Waals surface area (Å²) in [5, 5.41) is 0.792. The summed E-state index contributed by atoms with van der Waals surface area (Å²) in [7, 11) is 1.68. The van der Waals surface area contributed by atoms with Gasteiger partial charge in [0.25, 0.3) is 5.91 Å². The lowest BCUT2D eigenvalue weighted by Gasteiger charge is -2.35. The Kier molecular flexibility index (Phi) is 7.06. The second-order valence-electron chi connectivity index (χ2n) is 9.70. The van der Waals surface area contributed by atoms with Gasteiger partial charge in [-0.2, -0.15) is 0 Å². The number of carbonyl (C=O) groups is 1. The first-order valence-electron chi connectivity index (χ1n) is 12.7. The molecule has 2 aromatic carbocycles. The molecule has 1 aliphatic heterocycles. The molecule has 0 unspecified atom stereocenters. The van der Waals surface area contributed by atoms with Crippen LogP contribution in [0.3, 0.4) is 0 Å². The average Bonchev–Trinajstić information content (AvgIpc) is 3.34. The molecule has 0 spiro atoms. The van der Waals surface area contributed by atoms with Crippen LogP contribution in [0.1, 0.15) is 49.6 Å². The molecule has 5 rings (SSSR count). The summed E-state index contributed by atoms with van der Waals surface area (Å²) < 4.78 is 7.53. The van der Waals surface area contributed by atoms with E-state index in [-0.39, 0.29) is 11.9 Å². The van der Waals surface area contributed by atoms with Gasteiger partial charge in [-0.05, 0) is 98.5 Å². The zero-order valence-electron chi connectivity index (χ0n) is 21.4. The van der Waals surface area contributed by atoms with Crippen molar-refractivity contribution in [3.63, 3.8) is 0 Å². The lowest BCUT2D eigenvalue weighted by molar-refractivity contribution is -0.124. The summed E-state index contributed by atoms with van der Waals surface area (Å²) in [4.78, 5) is 21.5. The van der Waals surface area contributed by atoms with Gasteiger partial charge < -0.3 is 9.30 Å². The summed E-state index contributed by atoms with van der Waals surface area (Å²) in [6, 6.07) is 20.3. The van der Waals surface area contributed by atoms with Crippen molar-refractivity contribution in [1.82, 2.24) is 9.47 Å². The molecule has 3 aromatic rings. The number of hydrogen-bond donors (Lipinski definition) is 0. The van der Waals surface area contributed by atoms with Crippen LogP contribution >= 0.6 is 11.8 Å². The molecule has 1 saturated heterocycles. The third kappa shape index (κ3) is 4.74. The number of rotatable bonds is 5. The number of hydrogen-bond acceptors (Lipinski definition) is 4. The Bertz CT molecular complexity index is 1310. The highest BCUT2D eigenvalue weighted by atomic mass is 32.2. The van der Waals surface area contributed by atoms with Gasteiger partial charge in [-0.25, -0.2) is 4.99 Å². The predicted octanol–water partition coefficient (Wildman–Crippen LogP) is 7.29. The van der Waals surface area contributed by atoms with E-state index in [2.05, 4.69) is 43.5 Å². The highest BCUT2D eigenvalue weighted by Crippen LogP contribution is 2.40.